The summed E-state index contributed by atoms with van der Waals surface area (Å²) >= 11 is 0. The molecule has 1 heterocycles. The van der Waals surface area contributed by atoms with Gasteiger partial charge in [0.2, 0.25) is 0 Å². The zero-order chi connectivity index (χ0) is 15.1. The third-order valence-electron chi connectivity index (χ3n) is 2.35. The molecule has 1 N–H and O–H groups in total. The lowest BCUT2D eigenvalue weighted by atomic mass is 10.2. The maximum absolute atomic E-state index is 11.5. The molecule has 110 valence electrons. The number of aromatic nitrogens is 1. The molecule has 1 aromatic rings. The number of carbonyl (C=O) groups is 2. The van der Waals surface area contributed by atoms with Crippen molar-refractivity contribution in [3.8, 4) is 0 Å². The standard InChI is InChI=1S/C13H19N3O4/c1-5-19-13(18)15-11-10(7-6-8-14-11)12(16(3)4)20-9(2)17/h6-8,12H,5H2,1-4H3,(H,14,15,18). The third kappa shape index (κ3) is 4.51. The van der Waals surface area contributed by atoms with Crippen molar-refractivity contribution >= 4 is 17.9 Å². The first kappa shape index (κ1) is 15.9. The number of ether oxygens (including phenoxy) is 2. The van der Waals surface area contributed by atoms with Crippen molar-refractivity contribution in [2.24, 2.45) is 0 Å². The van der Waals surface area contributed by atoms with Crippen molar-refractivity contribution in [3.63, 3.8) is 0 Å². The van der Waals surface area contributed by atoms with Gasteiger partial charge in [-0.2, -0.15) is 0 Å². The lowest BCUT2D eigenvalue weighted by molar-refractivity contribution is -0.154. The van der Waals surface area contributed by atoms with Crippen LogP contribution in [0.2, 0.25) is 0 Å². The number of carbonyl (C=O) groups excluding carboxylic acids is 2. The van der Waals surface area contributed by atoms with Crippen LogP contribution in [-0.2, 0) is 14.3 Å². The molecule has 0 aromatic carbocycles. The number of hydrogen-bond acceptors (Lipinski definition) is 6. The molecule has 0 spiro atoms. The Labute approximate surface area is 117 Å². The monoisotopic (exact) mass is 281 g/mol. The van der Waals surface area contributed by atoms with Crippen molar-refractivity contribution in [1.29, 1.82) is 0 Å². The van der Waals surface area contributed by atoms with E-state index >= 15 is 0 Å². The molecule has 0 fully saturated rings. The van der Waals surface area contributed by atoms with Gasteiger partial charge in [0.25, 0.3) is 0 Å². The first-order chi connectivity index (χ1) is 9.45. The number of anilines is 1. The third-order valence-corrected chi connectivity index (χ3v) is 2.35. The second-order valence-corrected chi connectivity index (χ2v) is 4.21. The highest BCUT2D eigenvalue weighted by atomic mass is 16.6. The summed E-state index contributed by atoms with van der Waals surface area (Å²) in [5.74, 6) is -0.125. The van der Waals surface area contributed by atoms with Crippen LogP contribution in [0.3, 0.4) is 0 Å². The summed E-state index contributed by atoms with van der Waals surface area (Å²) in [4.78, 5) is 28.5. The number of nitrogens with one attached hydrogen (secondary N) is 1. The first-order valence-corrected chi connectivity index (χ1v) is 6.18. The Morgan fingerprint density at radius 3 is 2.70 bits per heavy atom. The highest BCUT2D eigenvalue weighted by Crippen LogP contribution is 2.25. The SMILES string of the molecule is CCOC(=O)Nc1ncccc1C(OC(C)=O)N(C)C. The molecule has 7 nitrogen and oxygen atoms in total. The predicted molar refractivity (Wildman–Crippen MR) is 73.1 cm³/mol. The first-order valence-electron chi connectivity index (χ1n) is 6.18. The summed E-state index contributed by atoms with van der Waals surface area (Å²) in [6.45, 7) is 3.29. The Hall–Kier alpha value is -2.15. The van der Waals surface area contributed by atoms with Gasteiger partial charge in [-0.05, 0) is 33.2 Å². The molecule has 1 unspecified atom stereocenters. The molecule has 0 radical (unpaired) electrons. The van der Waals surface area contributed by atoms with Crippen LogP contribution in [0.5, 0.6) is 0 Å². The van der Waals surface area contributed by atoms with E-state index in [1.165, 1.54) is 13.1 Å². The molecule has 0 bridgehead atoms. The fraction of sp³-hybridized carbons (Fsp3) is 0.462. The zero-order valence-corrected chi connectivity index (χ0v) is 12.0. The van der Waals surface area contributed by atoms with Gasteiger partial charge < -0.3 is 9.47 Å². The van der Waals surface area contributed by atoms with Crippen LogP contribution in [-0.4, -0.2) is 42.6 Å². The topological polar surface area (TPSA) is 80.8 Å². The number of hydrogen-bond donors (Lipinski definition) is 1. The van der Waals surface area contributed by atoms with Crippen LogP contribution >= 0.6 is 0 Å². The predicted octanol–water partition coefficient (Wildman–Crippen LogP) is 1.77. The molecule has 0 aliphatic carbocycles. The fourth-order valence-corrected chi connectivity index (χ4v) is 1.59. The summed E-state index contributed by atoms with van der Waals surface area (Å²) in [5.41, 5.74) is 0.570. The maximum Gasteiger partial charge on any atom is 0.412 e. The minimum absolute atomic E-state index is 0.259. The number of nitrogens with zero attached hydrogens (tertiary/aromatic N) is 2. The second-order valence-electron chi connectivity index (χ2n) is 4.21. The van der Waals surface area contributed by atoms with E-state index in [2.05, 4.69) is 10.3 Å². The van der Waals surface area contributed by atoms with Crippen molar-refractivity contribution in [3.05, 3.63) is 23.9 Å². The summed E-state index contributed by atoms with van der Waals surface area (Å²) in [6, 6.07) is 3.42. The molecule has 7 heteroatoms. The number of esters is 1. The minimum Gasteiger partial charge on any atom is -0.450 e. The molecule has 1 rings (SSSR count). The summed E-state index contributed by atoms with van der Waals surface area (Å²) in [6.07, 6.45) is 0.289. The molecular formula is C13H19N3O4. The molecule has 1 aromatic heterocycles. The van der Waals surface area contributed by atoms with Gasteiger partial charge in [0.1, 0.15) is 5.82 Å². The summed E-state index contributed by atoms with van der Waals surface area (Å²) in [7, 11) is 3.52. The Bertz CT molecular complexity index is 476. The van der Waals surface area contributed by atoms with E-state index < -0.39 is 18.3 Å². The molecule has 0 saturated heterocycles. The van der Waals surface area contributed by atoms with Crippen molar-refractivity contribution in [2.75, 3.05) is 26.0 Å². The molecule has 0 aliphatic rings. The summed E-state index contributed by atoms with van der Waals surface area (Å²) in [5, 5.41) is 2.53. The van der Waals surface area contributed by atoms with Gasteiger partial charge in [-0.3, -0.25) is 15.0 Å². The normalized spacial score (nSPS) is 11.8. The smallest absolute Gasteiger partial charge is 0.412 e. The minimum atomic E-state index is -0.641. The average molecular weight is 281 g/mol. The molecule has 0 saturated carbocycles. The van der Waals surface area contributed by atoms with Crippen molar-refractivity contribution in [2.45, 2.75) is 20.1 Å². The van der Waals surface area contributed by atoms with Crippen LogP contribution in [0.25, 0.3) is 0 Å². The van der Waals surface area contributed by atoms with E-state index in [0.717, 1.165) is 0 Å². The van der Waals surface area contributed by atoms with E-state index in [4.69, 9.17) is 9.47 Å². The van der Waals surface area contributed by atoms with Gasteiger partial charge in [-0.25, -0.2) is 9.78 Å². The van der Waals surface area contributed by atoms with Gasteiger partial charge in [-0.1, -0.05) is 0 Å². The molecule has 20 heavy (non-hydrogen) atoms. The largest absolute Gasteiger partial charge is 0.450 e. The molecule has 1 atom stereocenters. The van der Waals surface area contributed by atoms with Crippen LogP contribution in [0.1, 0.15) is 25.6 Å². The second kappa shape index (κ2) is 7.44. The van der Waals surface area contributed by atoms with Gasteiger partial charge in [0, 0.05) is 13.1 Å². The van der Waals surface area contributed by atoms with Crippen molar-refractivity contribution in [1.82, 2.24) is 9.88 Å². The highest BCUT2D eigenvalue weighted by Gasteiger charge is 2.22. The molecule has 0 aliphatic heterocycles. The van der Waals surface area contributed by atoms with Crippen LogP contribution in [0.4, 0.5) is 10.6 Å². The van der Waals surface area contributed by atoms with Gasteiger partial charge in [0.15, 0.2) is 6.23 Å². The van der Waals surface area contributed by atoms with E-state index in [1.807, 2.05) is 0 Å². The Morgan fingerprint density at radius 1 is 1.45 bits per heavy atom. The Kier molecular flexibility index (Phi) is 5.92. The van der Waals surface area contributed by atoms with Gasteiger partial charge in [0.05, 0.1) is 12.2 Å². The van der Waals surface area contributed by atoms with Gasteiger partial charge >= 0.3 is 12.1 Å². The Balaban J connectivity index is 3.02. The van der Waals surface area contributed by atoms with Crippen LogP contribution < -0.4 is 5.32 Å². The summed E-state index contributed by atoms with van der Waals surface area (Å²) < 4.78 is 10.0. The highest BCUT2D eigenvalue weighted by molar-refractivity contribution is 5.84. The molecular weight excluding hydrogens is 262 g/mol. The zero-order valence-electron chi connectivity index (χ0n) is 12.0. The van der Waals surface area contributed by atoms with Crippen molar-refractivity contribution < 1.29 is 19.1 Å². The molecule has 1 amide bonds. The average Bonchev–Trinajstić information content (AvgIpc) is 2.36. The van der Waals surface area contributed by atoms with Crippen LogP contribution in [0, 0.1) is 0 Å². The van der Waals surface area contributed by atoms with E-state index in [0.29, 0.717) is 11.4 Å². The number of amides is 1. The van der Waals surface area contributed by atoms with E-state index in [9.17, 15) is 9.59 Å². The number of pyridine rings is 1. The Morgan fingerprint density at radius 2 is 2.15 bits per heavy atom. The maximum atomic E-state index is 11.5. The van der Waals surface area contributed by atoms with Gasteiger partial charge in [-0.15, -0.1) is 0 Å². The number of rotatable bonds is 5. The lowest BCUT2D eigenvalue weighted by Crippen LogP contribution is -2.26. The fourth-order valence-electron chi connectivity index (χ4n) is 1.59. The lowest BCUT2D eigenvalue weighted by Gasteiger charge is -2.25. The quantitative estimate of drug-likeness (QED) is 0.654. The van der Waals surface area contributed by atoms with E-state index in [1.54, 1.807) is 38.1 Å². The van der Waals surface area contributed by atoms with Crippen LogP contribution in [0.15, 0.2) is 18.3 Å². The van der Waals surface area contributed by atoms with E-state index in [-0.39, 0.29) is 6.61 Å².